The van der Waals surface area contributed by atoms with Gasteiger partial charge in [0.1, 0.15) is 23.5 Å². The minimum Gasteiger partial charge on any atom is -0.459 e. The zero-order chi connectivity index (χ0) is 22.4. The number of hydrogen-bond acceptors (Lipinski definition) is 6. The number of aryl methyl sites for hydroxylation is 1. The van der Waals surface area contributed by atoms with Gasteiger partial charge in [-0.2, -0.15) is 10.1 Å². The fraction of sp³-hybridized carbons (Fsp3) is 0.455. The second kappa shape index (κ2) is 7.55. The number of rotatable bonds is 6. The Balaban J connectivity index is 1.67. The van der Waals surface area contributed by atoms with Crippen molar-refractivity contribution in [1.29, 1.82) is 0 Å². The van der Waals surface area contributed by atoms with E-state index in [0.717, 1.165) is 28.7 Å². The fourth-order valence-electron chi connectivity index (χ4n) is 3.70. The molecule has 9 heteroatoms. The number of esters is 1. The summed E-state index contributed by atoms with van der Waals surface area (Å²) in [6.07, 6.45) is -1.06. The van der Waals surface area contributed by atoms with Crippen molar-refractivity contribution >= 4 is 5.97 Å². The molecule has 1 aromatic carbocycles. The van der Waals surface area contributed by atoms with Crippen molar-refractivity contribution in [3.8, 4) is 11.6 Å². The van der Waals surface area contributed by atoms with E-state index in [-0.39, 0.29) is 23.5 Å². The molecule has 3 aromatic rings. The smallest absolute Gasteiger partial charge is 0.328 e. The summed E-state index contributed by atoms with van der Waals surface area (Å²) in [5.41, 5.74) is 0.881. The first kappa shape index (κ1) is 21.1. The van der Waals surface area contributed by atoms with Crippen LogP contribution in [0.1, 0.15) is 62.7 Å². The first-order valence-electron chi connectivity index (χ1n) is 10.1. The molecule has 0 atom stereocenters. The zero-order valence-corrected chi connectivity index (χ0v) is 17.9. The molecule has 1 aliphatic carbocycles. The standard InChI is InChI=1S/C22H24F2N4O3/c1-13-7-5-6-8-14(13)22(9-10-22)20-25-19(31-27-20)16-11-15(18(23)24)26-28(16)12-17(29)30-21(2,3)4/h5-8,11,18H,9-10,12H2,1-4H3. The monoisotopic (exact) mass is 430 g/mol. The maximum absolute atomic E-state index is 13.3. The van der Waals surface area contributed by atoms with Crippen LogP contribution in [0.4, 0.5) is 8.78 Å². The van der Waals surface area contributed by atoms with Gasteiger partial charge in [-0.05, 0) is 57.7 Å². The molecule has 7 nitrogen and oxygen atoms in total. The lowest BCUT2D eigenvalue weighted by atomic mass is 9.91. The summed E-state index contributed by atoms with van der Waals surface area (Å²) < 4.78 is 38.4. The van der Waals surface area contributed by atoms with Crippen LogP contribution in [0.2, 0.25) is 0 Å². The molecular formula is C22H24F2N4O3. The summed E-state index contributed by atoms with van der Waals surface area (Å²) in [6, 6.07) is 9.17. The lowest BCUT2D eigenvalue weighted by Crippen LogP contribution is -2.27. The van der Waals surface area contributed by atoms with Crippen LogP contribution < -0.4 is 0 Å². The third-order valence-electron chi connectivity index (χ3n) is 5.21. The van der Waals surface area contributed by atoms with Crippen molar-refractivity contribution in [2.75, 3.05) is 0 Å². The Kier molecular flexibility index (Phi) is 5.15. The maximum Gasteiger partial charge on any atom is 0.328 e. The van der Waals surface area contributed by atoms with E-state index in [9.17, 15) is 13.6 Å². The van der Waals surface area contributed by atoms with Gasteiger partial charge in [0.15, 0.2) is 5.82 Å². The Morgan fingerprint density at radius 1 is 1.29 bits per heavy atom. The predicted octanol–water partition coefficient (Wildman–Crippen LogP) is 4.60. The molecule has 1 aliphatic rings. The van der Waals surface area contributed by atoms with Crippen molar-refractivity contribution in [3.63, 3.8) is 0 Å². The van der Waals surface area contributed by atoms with E-state index in [4.69, 9.17) is 9.26 Å². The van der Waals surface area contributed by atoms with Crippen LogP contribution in [0.15, 0.2) is 34.9 Å². The number of ether oxygens (including phenoxy) is 1. The number of carbonyl (C=O) groups excluding carboxylic acids is 1. The number of benzene rings is 1. The number of carbonyl (C=O) groups is 1. The molecule has 0 amide bonds. The molecule has 1 fully saturated rings. The van der Waals surface area contributed by atoms with Gasteiger partial charge in [0, 0.05) is 0 Å². The summed E-state index contributed by atoms with van der Waals surface area (Å²) in [5.74, 6) is -0.0609. The van der Waals surface area contributed by atoms with Crippen LogP contribution >= 0.6 is 0 Å². The van der Waals surface area contributed by atoms with Crippen LogP contribution in [0.25, 0.3) is 11.6 Å². The third kappa shape index (κ3) is 4.22. The highest BCUT2D eigenvalue weighted by atomic mass is 19.3. The molecule has 2 aromatic heterocycles. The van der Waals surface area contributed by atoms with Gasteiger partial charge in [-0.1, -0.05) is 29.4 Å². The van der Waals surface area contributed by atoms with Crippen molar-refractivity contribution in [1.82, 2.24) is 19.9 Å². The summed E-state index contributed by atoms with van der Waals surface area (Å²) in [4.78, 5) is 16.8. The van der Waals surface area contributed by atoms with E-state index in [1.165, 1.54) is 6.07 Å². The second-order valence-electron chi connectivity index (χ2n) is 8.82. The fourth-order valence-corrected chi connectivity index (χ4v) is 3.70. The predicted molar refractivity (Wildman–Crippen MR) is 108 cm³/mol. The largest absolute Gasteiger partial charge is 0.459 e. The van der Waals surface area contributed by atoms with E-state index < -0.39 is 23.7 Å². The lowest BCUT2D eigenvalue weighted by molar-refractivity contribution is -0.155. The summed E-state index contributed by atoms with van der Waals surface area (Å²) in [6.45, 7) is 6.86. The summed E-state index contributed by atoms with van der Waals surface area (Å²) in [7, 11) is 0. The topological polar surface area (TPSA) is 83.0 Å². The Labute approximate surface area is 178 Å². The number of aromatic nitrogens is 4. The molecule has 164 valence electrons. The molecule has 2 heterocycles. The molecule has 4 rings (SSSR count). The second-order valence-corrected chi connectivity index (χ2v) is 8.82. The normalized spacial score (nSPS) is 15.3. The molecule has 31 heavy (non-hydrogen) atoms. The van der Waals surface area contributed by atoms with E-state index in [2.05, 4.69) is 15.2 Å². The third-order valence-corrected chi connectivity index (χ3v) is 5.21. The Morgan fingerprint density at radius 2 is 2.00 bits per heavy atom. The van der Waals surface area contributed by atoms with Gasteiger partial charge in [0.05, 0.1) is 5.41 Å². The molecule has 0 radical (unpaired) electrons. The first-order chi connectivity index (χ1) is 14.6. The van der Waals surface area contributed by atoms with Crippen molar-refractivity contribution in [3.05, 3.63) is 53.0 Å². The zero-order valence-electron chi connectivity index (χ0n) is 17.9. The molecule has 0 aliphatic heterocycles. The summed E-state index contributed by atoms with van der Waals surface area (Å²) in [5, 5.41) is 8.00. The van der Waals surface area contributed by atoms with E-state index in [1.54, 1.807) is 20.8 Å². The minimum absolute atomic E-state index is 0.0396. The average molecular weight is 430 g/mol. The molecular weight excluding hydrogens is 406 g/mol. The van der Waals surface area contributed by atoms with Gasteiger partial charge in [-0.25, -0.2) is 13.5 Å². The number of hydrogen-bond donors (Lipinski definition) is 0. The molecule has 1 saturated carbocycles. The van der Waals surface area contributed by atoms with Crippen molar-refractivity contribution in [2.45, 2.75) is 64.5 Å². The van der Waals surface area contributed by atoms with E-state index in [0.29, 0.717) is 5.82 Å². The number of nitrogens with zero attached hydrogens (tertiary/aromatic N) is 4. The van der Waals surface area contributed by atoms with Crippen molar-refractivity contribution in [2.24, 2.45) is 0 Å². The first-order valence-corrected chi connectivity index (χ1v) is 10.1. The maximum atomic E-state index is 13.3. The van der Waals surface area contributed by atoms with Crippen LogP contribution in [0.5, 0.6) is 0 Å². The molecule has 0 N–H and O–H groups in total. The highest BCUT2D eigenvalue weighted by Crippen LogP contribution is 2.53. The highest BCUT2D eigenvalue weighted by Gasteiger charge is 2.50. The van der Waals surface area contributed by atoms with Crippen LogP contribution in [0, 0.1) is 6.92 Å². The van der Waals surface area contributed by atoms with Gasteiger partial charge in [0.2, 0.25) is 0 Å². The van der Waals surface area contributed by atoms with Crippen molar-refractivity contribution < 1.29 is 22.8 Å². The van der Waals surface area contributed by atoms with Crippen LogP contribution in [-0.2, 0) is 21.5 Å². The Morgan fingerprint density at radius 3 is 2.61 bits per heavy atom. The molecule has 0 bridgehead atoms. The lowest BCUT2D eigenvalue weighted by Gasteiger charge is -2.19. The van der Waals surface area contributed by atoms with Crippen LogP contribution in [-0.4, -0.2) is 31.5 Å². The van der Waals surface area contributed by atoms with Gasteiger partial charge < -0.3 is 9.26 Å². The van der Waals surface area contributed by atoms with Gasteiger partial charge in [0.25, 0.3) is 12.3 Å². The molecule has 0 unspecified atom stereocenters. The molecule has 0 spiro atoms. The van der Waals surface area contributed by atoms with Gasteiger partial charge >= 0.3 is 5.97 Å². The number of alkyl halides is 2. The number of halogens is 2. The van der Waals surface area contributed by atoms with Gasteiger partial charge in [-0.15, -0.1) is 0 Å². The summed E-state index contributed by atoms with van der Waals surface area (Å²) >= 11 is 0. The quantitative estimate of drug-likeness (QED) is 0.532. The SMILES string of the molecule is Cc1ccccc1C1(c2noc(-c3cc(C(F)F)nn3CC(=O)OC(C)(C)C)n2)CC1. The van der Waals surface area contributed by atoms with Crippen LogP contribution in [0.3, 0.4) is 0 Å². The average Bonchev–Trinajstić information content (AvgIpc) is 3.12. The highest BCUT2D eigenvalue weighted by molar-refractivity contribution is 5.70. The van der Waals surface area contributed by atoms with E-state index >= 15 is 0 Å². The Hall–Kier alpha value is -3.10. The minimum atomic E-state index is -2.80. The van der Waals surface area contributed by atoms with Gasteiger partial charge in [-0.3, -0.25) is 4.79 Å². The molecule has 0 saturated heterocycles. The Bertz CT molecular complexity index is 1110. The van der Waals surface area contributed by atoms with E-state index in [1.807, 2.05) is 31.2 Å².